The largest absolute Gasteiger partial charge is 0.322 e. The minimum atomic E-state index is -0.193. The molecule has 0 heterocycles. The molecule has 116 valence electrons. The van der Waals surface area contributed by atoms with Crippen LogP contribution < -0.4 is 10.6 Å². The normalized spacial score (nSPS) is 10.5. The summed E-state index contributed by atoms with van der Waals surface area (Å²) in [7, 11) is 0. The van der Waals surface area contributed by atoms with Gasteiger partial charge in [0.2, 0.25) is 5.91 Å². The molecule has 0 aliphatic heterocycles. The standard InChI is InChI=1S/C16H15Cl3N2O/c17-12-4-1-3-11(9-12)7-8-20-10-15(22)21-16-13(18)5-2-6-14(16)19/h1-6,9,20H,7-8,10H2,(H,21,22). The second kappa shape index (κ2) is 8.39. The predicted molar refractivity (Wildman–Crippen MR) is 93.1 cm³/mol. The zero-order valence-corrected chi connectivity index (χ0v) is 14.0. The van der Waals surface area contributed by atoms with Crippen LogP contribution in [-0.4, -0.2) is 19.0 Å². The van der Waals surface area contributed by atoms with E-state index in [1.165, 1.54) is 0 Å². The highest BCUT2D eigenvalue weighted by Gasteiger charge is 2.09. The summed E-state index contributed by atoms with van der Waals surface area (Å²) < 4.78 is 0. The lowest BCUT2D eigenvalue weighted by Crippen LogP contribution is -2.29. The molecule has 0 aromatic heterocycles. The summed E-state index contributed by atoms with van der Waals surface area (Å²) in [5.74, 6) is -0.193. The van der Waals surface area contributed by atoms with Crippen LogP contribution in [0.25, 0.3) is 0 Å². The van der Waals surface area contributed by atoms with Crippen molar-refractivity contribution < 1.29 is 4.79 Å². The molecule has 0 unspecified atom stereocenters. The molecule has 0 bridgehead atoms. The van der Waals surface area contributed by atoms with E-state index < -0.39 is 0 Å². The molecule has 0 spiro atoms. The molecule has 2 aromatic rings. The number of carbonyl (C=O) groups excluding carboxylic acids is 1. The van der Waals surface area contributed by atoms with Gasteiger partial charge in [-0.15, -0.1) is 0 Å². The molecule has 0 atom stereocenters. The molecule has 22 heavy (non-hydrogen) atoms. The van der Waals surface area contributed by atoms with Gasteiger partial charge in [0.25, 0.3) is 0 Å². The molecule has 0 aliphatic carbocycles. The van der Waals surface area contributed by atoms with Gasteiger partial charge in [-0.25, -0.2) is 0 Å². The Morgan fingerprint density at radius 3 is 2.36 bits per heavy atom. The molecule has 2 aromatic carbocycles. The molecular weight excluding hydrogens is 343 g/mol. The Hall–Kier alpha value is -1.26. The fourth-order valence-electron chi connectivity index (χ4n) is 1.93. The Balaban J connectivity index is 1.76. The van der Waals surface area contributed by atoms with Crippen LogP contribution >= 0.6 is 34.8 Å². The van der Waals surface area contributed by atoms with Gasteiger partial charge >= 0.3 is 0 Å². The number of para-hydroxylation sites is 1. The molecule has 0 aliphatic rings. The van der Waals surface area contributed by atoms with Gasteiger partial charge in [0.1, 0.15) is 0 Å². The van der Waals surface area contributed by atoms with Gasteiger partial charge in [0, 0.05) is 5.02 Å². The van der Waals surface area contributed by atoms with Crippen molar-refractivity contribution in [1.29, 1.82) is 0 Å². The summed E-state index contributed by atoms with van der Waals surface area (Å²) in [5.41, 5.74) is 1.56. The van der Waals surface area contributed by atoms with Crippen molar-refractivity contribution in [3.05, 3.63) is 63.1 Å². The third-order valence-corrected chi connectivity index (χ3v) is 3.86. The monoisotopic (exact) mass is 356 g/mol. The molecule has 0 fully saturated rings. The van der Waals surface area contributed by atoms with Crippen molar-refractivity contribution >= 4 is 46.4 Å². The fourth-order valence-corrected chi connectivity index (χ4v) is 2.63. The third-order valence-electron chi connectivity index (χ3n) is 2.99. The average molecular weight is 358 g/mol. The van der Waals surface area contributed by atoms with Gasteiger partial charge in [-0.3, -0.25) is 4.79 Å². The number of rotatable bonds is 6. The molecule has 6 heteroatoms. The first-order valence-corrected chi connectivity index (χ1v) is 7.88. The maximum absolute atomic E-state index is 11.9. The first kappa shape index (κ1) is 17.1. The first-order chi connectivity index (χ1) is 10.6. The van der Waals surface area contributed by atoms with Crippen LogP contribution in [0.3, 0.4) is 0 Å². The Morgan fingerprint density at radius 1 is 1.00 bits per heavy atom. The van der Waals surface area contributed by atoms with Gasteiger partial charge in [-0.05, 0) is 42.8 Å². The van der Waals surface area contributed by atoms with E-state index in [1.807, 2.05) is 24.3 Å². The van der Waals surface area contributed by atoms with Crippen LogP contribution in [0.15, 0.2) is 42.5 Å². The van der Waals surface area contributed by atoms with Crippen molar-refractivity contribution in [3.8, 4) is 0 Å². The van der Waals surface area contributed by atoms with Gasteiger partial charge in [0.15, 0.2) is 0 Å². The smallest absolute Gasteiger partial charge is 0.238 e. The molecule has 0 radical (unpaired) electrons. The number of benzene rings is 2. The number of hydrogen-bond donors (Lipinski definition) is 2. The average Bonchev–Trinajstić information content (AvgIpc) is 2.48. The second-order valence-corrected chi connectivity index (χ2v) is 5.95. The van der Waals surface area contributed by atoms with Crippen LogP contribution in [0.4, 0.5) is 5.69 Å². The van der Waals surface area contributed by atoms with E-state index in [-0.39, 0.29) is 12.5 Å². The van der Waals surface area contributed by atoms with E-state index in [0.717, 1.165) is 12.0 Å². The third kappa shape index (κ3) is 5.18. The predicted octanol–water partition coefficient (Wildman–Crippen LogP) is 4.42. The fraction of sp³-hybridized carbons (Fsp3) is 0.188. The van der Waals surface area contributed by atoms with Crippen molar-refractivity contribution in [2.45, 2.75) is 6.42 Å². The lowest BCUT2D eigenvalue weighted by Gasteiger charge is -2.10. The van der Waals surface area contributed by atoms with Crippen LogP contribution in [0, 0.1) is 0 Å². The molecule has 1 amide bonds. The second-order valence-electron chi connectivity index (χ2n) is 4.70. The number of halogens is 3. The maximum Gasteiger partial charge on any atom is 0.238 e. The minimum absolute atomic E-state index is 0.183. The summed E-state index contributed by atoms with van der Waals surface area (Å²) in [6.45, 7) is 0.853. The van der Waals surface area contributed by atoms with Crippen LogP contribution in [-0.2, 0) is 11.2 Å². The van der Waals surface area contributed by atoms with E-state index in [2.05, 4.69) is 10.6 Å². The Kier molecular flexibility index (Phi) is 6.52. The first-order valence-electron chi connectivity index (χ1n) is 6.75. The lowest BCUT2D eigenvalue weighted by molar-refractivity contribution is -0.115. The minimum Gasteiger partial charge on any atom is -0.322 e. The number of hydrogen-bond acceptors (Lipinski definition) is 2. The summed E-state index contributed by atoms with van der Waals surface area (Å²) in [6.07, 6.45) is 0.792. The number of amides is 1. The number of anilines is 1. The van der Waals surface area contributed by atoms with Crippen molar-refractivity contribution in [3.63, 3.8) is 0 Å². The Bertz CT molecular complexity index is 641. The summed E-state index contributed by atoms with van der Waals surface area (Å²) in [6, 6.07) is 12.7. The summed E-state index contributed by atoms with van der Waals surface area (Å²) in [4.78, 5) is 11.9. The van der Waals surface area contributed by atoms with Gasteiger partial charge in [-0.1, -0.05) is 53.0 Å². The van der Waals surface area contributed by atoms with E-state index in [0.29, 0.717) is 27.3 Å². The quantitative estimate of drug-likeness (QED) is 0.752. The topological polar surface area (TPSA) is 41.1 Å². The van der Waals surface area contributed by atoms with Crippen LogP contribution in [0.5, 0.6) is 0 Å². The van der Waals surface area contributed by atoms with Gasteiger partial charge < -0.3 is 10.6 Å². The van der Waals surface area contributed by atoms with Gasteiger partial charge in [0.05, 0.1) is 22.3 Å². The molecule has 0 saturated heterocycles. The molecule has 2 rings (SSSR count). The highest BCUT2D eigenvalue weighted by Crippen LogP contribution is 2.29. The van der Waals surface area contributed by atoms with Crippen molar-refractivity contribution in [1.82, 2.24) is 5.32 Å². The lowest BCUT2D eigenvalue weighted by atomic mass is 10.1. The SMILES string of the molecule is O=C(CNCCc1cccc(Cl)c1)Nc1c(Cl)cccc1Cl. The van der Waals surface area contributed by atoms with E-state index in [4.69, 9.17) is 34.8 Å². The van der Waals surface area contributed by atoms with Gasteiger partial charge in [-0.2, -0.15) is 0 Å². The van der Waals surface area contributed by atoms with Crippen LogP contribution in [0.2, 0.25) is 15.1 Å². The molecular formula is C16H15Cl3N2O. The van der Waals surface area contributed by atoms with E-state index in [1.54, 1.807) is 18.2 Å². The van der Waals surface area contributed by atoms with Crippen LogP contribution in [0.1, 0.15) is 5.56 Å². The summed E-state index contributed by atoms with van der Waals surface area (Å²) in [5, 5.41) is 7.32. The maximum atomic E-state index is 11.9. The highest BCUT2D eigenvalue weighted by molar-refractivity contribution is 6.39. The summed E-state index contributed by atoms with van der Waals surface area (Å²) >= 11 is 17.9. The van der Waals surface area contributed by atoms with Crippen molar-refractivity contribution in [2.24, 2.45) is 0 Å². The van der Waals surface area contributed by atoms with E-state index in [9.17, 15) is 4.79 Å². The number of nitrogens with one attached hydrogen (secondary N) is 2. The zero-order valence-electron chi connectivity index (χ0n) is 11.7. The zero-order chi connectivity index (χ0) is 15.9. The Labute approximate surface area is 144 Å². The Morgan fingerprint density at radius 2 is 1.68 bits per heavy atom. The number of carbonyl (C=O) groups is 1. The molecule has 2 N–H and O–H groups in total. The molecule has 3 nitrogen and oxygen atoms in total. The highest BCUT2D eigenvalue weighted by atomic mass is 35.5. The van der Waals surface area contributed by atoms with Crippen molar-refractivity contribution in [2.75, 3.05) is 18.4 Å². The van der Waals surface area contributed by atoms with E-state index >= 15 is 0 Å². The molecule has 0 saturated carbocycles.